The van der Waals surface area contributed by atoms with Crippen molar-refractivity contribution in [2.24, 2.45) is 11.7 Å². The van der Waals surface area contributed by atoms with Crippen LogP contribution in [0.5, 0.6) is 0 Å². The van der Waals surface area contributed by atoms with E-state index in [-0.39, 0.29) is 31.2 Å². The SMILES string of the molecule is Cl.N[C@@H](CC1CCC(F)(F)CC1)C(=O)O. The predicted octanol–water partition coefficient (Wildman–Crippen LogP) is 2.04. The lowest BCUT2D eigenvalue weighted by molar-refractivity contribution is -0.139. The molecule has 1 rings (SSSR count). The normalized spacial score (nSPS) is 22.9. The van der Waals surface area contributed by atoms with Gasteiger partial charge >= 0.3 is 5.97 Å². The fourth-order valence-electron chi connectivity index (χ4n) is 1.80. The van der Waals surface area contributed by atoms with Crippen molar-refractivity contribution >= 4 is 18.4 Å². The van der Waals surface area contributed by atoms with Gasteiger partial charge in [-0.3, -0.25) is 4.79 Å². The van der Waals surface area contributed by atoms with Crippen LogP contribution in [0.2, 0.25) is 0 Å². The van der Waals surface area contributed by atoms with Crippen LogP contribution in [0.4, 0.5) is 8.78 Å². The molecule has 1 aliphatic carbocycles. The fraction of sp³-hybridized carbons (Fsp3) is 0.889. The Hall–Kier alpha value is -0.420. The number of alkyl halides is 2. The van der Waals surface area contributed by atoms with E-state index in [1.165, 1.54) is 0 Å². The van der Waals surface area contributed by atoms with Crippen LogP contribution in [0, 0.1) is 5.92 Å². The van der Waals surface area contributed by atoms with Crippen molar-refractivity contribution in [2.75, 3.05) is 0 Å². The number of nitrogens with two attached hydrogens (primary N) is 1. The van der Waals surface area contributed by atoms with Crippen LogP contribution in [0.25, 0.3) is 0 Å². The third kappa shape index (κ3) is 4.75. The predicted molar refractivity (Wildman–Crippen MR) is 54.4 cm³/mol. The van der Waals surface area contributed by atoms with E-state index in [0.29, 0.717) is 19.3 Å². The molecule has 90 valence electrons. The minimum absolute atomic E-state index is 0. The summed E-state index contributed by atoms with van der Waals surface area (Å²) in [4.78, 5) is 10.4. The van der Waals surface area contributed by atoms with E-state index in [9.17, 15) is 13.6 Å². The van der Waals surface area contributed by atoms with Crippen LogP contribution in [-0.2, 0) is 4.79 Å². The summed E-state index contributed by atoms with van der Waals surface area (Å²) in [6.07, 6.45) is 0.807. The molecular formula is C9H16ClF2NO2. The van der Waals surface area contributed by atoms with Crippen molar-refractivity contribution in [1.29, 1.82) is 0 Å². The molecular weight excluding hydrogens is 228 g/mol. The second-order valence-corrected chi connectivity index (χ2v) is 3.98. The maximum Gasteiger partial charge on any atom is 0.320 e. The number of hydrogen-bond donors (Lipinski definition) is 2. The standard InChI is InChI=1S/C9H15F2NO2.ClH/c10-9(11)3-1-6(2-4-9)5-7(12)8(13)14;/h6-7H,1-5,12H2,(H,13,14);1H/t7-;/m0./s1. The molecule has 0 aromatic rings. The Balaban J connectivity index is 0.00000196. The van der Waals surface area contributed by atoms with E-state index in [4.69, 9.17) is 10.8 Å². The molecule has 3 nitrogen and oxygen atoms in total. The van der Waals surface area contributed by atoms with Crippen LogP contribution in [0.1, 0.15) is 32.1 Å². The van der Waals surface area contributed by atoms with Gasteiger partial charge in [0.05, 0.1) is 0 Å². The van der Waals surface area contributed by atoms with Gasteiger partial charge in [-0.1, -0.05) is 0 Å². The number of hydrogen-bond acceptors (Lipinski definition) is 2. The monoisotopic (exact) mass is 243 g/mol. The lowest BCUT2D eigenvalue weighted by Crippen LogP contribution is -2.34. The summed E-state index contributed by atoms with van der Waals surface area (Å²) >= 11 is 0. The molecule has 15 heavy (non-hydrogen) atoms. The van der Waals surface area contributed by atoms with Gasteiger partial charge in [0.1, 0.15) is 6.04 Å². The van der Waals surface area contributed by atoms with E-state index < -0.39 is 17.9 Å². The topological polar surface area (TPSA) is 63.3 Å². The highest BCUT2D eigenvalue weighted by atomic mass is 35.5. The molecule has 0 aromatic heterocycles. The van der Waals surface area contributed by atoms with Crippen LogP contribution in [-0.4, -0.2) is 23.0 Å². The van der Waals surface area contributed by atoms with Gasteiger partial charge < -0.3 is 10.8 Å². The zero-order valence-corrected chi connectivity index (χ0v) is 9.10. The smallest absolute Gasteiger partial charge is 0.320 e. The molecule has 0 spiro atoms. The number of carboxylic acid groups (broad SMARTS) is 1. The van der Waals surface area contributed by atoms with Gasteiger partial charge in [0.25, 0.3) is 0 Å². The summed E-state index contributed by atoms with van der Waals surface area (Å²) in [5.74, 6) is -3.56. The molecule has 0 saturated heterocycles. The number of carbonyl (C=O) groups is 1. The highest BCUT2D eigenvalue weighted by Crippen LogP contribution is 2.37. The highest BCUT2D eigenvalue weighted by molar-refractivity contribution is 5.85. The van der Waals surface area contributed by atoms with Crippen molar-refractivity contribution in [3.63, 3.8) is 0 Å². The molecule has 3 N–H and O–H groups in total. The summed E-state index contributed by atoms with van der Waals surface area (Å²) in [5, 5.41) is 8.54. The zero-order valence-electron chi connectivity index (χ0n) is 8.29. The highest BCUT2D eigenvalue weighted by Gasteiger charge is 2.35. The second-order valence-electron chi connectivity index (χ2n) is 3.98. The summed E-state index contributed by atoms with van der Waals surface area (Å²) in [6.45, 7) is 0. The minimum atomic E-state index is -2.55. The second kappa shape index (κ2) is 5.61. The Labute approximate surface area is 93.4 Å². The number of halogens is 3. The van der Waals surface area contributed by atoms with Gasteiger partial charge in [-0.05, 0) is 25.2 Å². The molecule has 0 aromatic carbocycles. The Morgan fingerprint density at radius 3 is 2.33 bits per heavy atom. The van der Waals surface area contributed by atoms with Gasteiger partial charge in [0, 0.05) is 12.8 Å². The third-order valence-corrected chi connectivity index (χ3v) is 2.74. The molecule has 0 bridgehead atoms. The van der Waals surface area contributed by atoms with Crippen molar-refractivity contribution < 1.29 is 18.7 Å². The Morgan fingerprint density at radius 1 is 1.47 bits per heavy atom. The van der Waals surface area contributed by atoms with E-state index in [2.05, 4.69) is 0 Å². The lowest BCUT2D eigenvalue weighted by atomic mass is 9.83. The van der Waals surface area contributed by atoms with Crippen LogP contribution in [0.15, 0.2) is 0 Å². The van der Waals surface area contributed by atoms with Crippen molar-refractivity contribution in [3.05, 3.63) is 0 Å². The molecule has 0 aliphatic heterocycles. The van der Waals surface area contributed by atoms with E-state index >= 15 is 0 Å². The van der Waals surface area contributed by atoms with Crippen LogP contribution >= 0.6 is 12.4 Å². The van der Waals surface area contributed by atoms with Gasteiger partial charge in [-0.2, -0.15) is 0 Å². The Bertz CT molecular complexity index is 216. The first kappa shape index (κ1) is 14.6. The van der Waals surface area contributed by atoms with Crippen LogP contribution < -0.4 is 5.73 Å². The lowest BCUT2D eigenvalue weighted by Gasteiger charge is -2.28. The molecule has 0 heterocycles. The first-order chi connectivity index (χ1) is 6.41. The van der Waals surface area contributed by atoms with E-state index in [1.807, 2.05) is 0 Å². The average Bonchev–Trinajstić information content (AvgIpc) is 2.08. The van der Waals surface area contributed by atoms with Gasteiger partial charge in [-0.15, -0.1) is 12.4 Å². The molecule has 0 radical (unpaired) electrons. The van der Waals surface area contributed by atoms with Gasteiger partial charge in [0.2, 0.25) is 5.92 Å². The molecule has 1 saturated carbocycles. The molecule has 1 atom stereocenters. The number of carboxylic acids is 1. The first-order valence-electron chi connectivity index (χ1n) is 4.77. The molecule has 6 heteroatoms. The molecule has 0 amide bonds. The maximum atomic E-state index is 12.7. The third-order valence-electron chi connectivity index (χ3n) is 2.74. The largest absolute Gasteiger partial charge is 0.480 e. The number of rotatable bonds is 3. The summed E-state index contributed by atoms with van der Waals surface area (Å²) in [5.41, 5.74) is 5.33. The Morgan fingerprint density at radius 2 is 1.93 bits per heavy atom. The first-order valence-corrected chi connectivity index (χ1v) is 4.77. The average molecular weight is 244 g/mol. The van der Waals surface area contributed by atoms with Crippen molar-refractivity contribution in [3.8, 4) is 0 Å². The minimum Gasteiger partial charge on any atom is -0.480 e. The van der Waals surface area contributed by atoms with Gasteiger partial charge in [-0.25, -0.2) is 8.78 Å². The molecule has 1 aliphatic rings. The van der Waals surface area contributed by atoms with E-state index in [0.717, 1.165) is 0 Å². The quantitative estimate of drug-likeness (QED) is 0.797. The molecule has 0 unspecified atom stereocenters. The summed E-state index contributed by atoms with van der Waals surface area (Å²) < 4.78 is 25.5. The zero-order chi connectivity index (χ0) is 10.8. The van der Waals surface area contributed by atoms with Crippen LogP contribution in [0.3, 0.4) is 0 Å². The summed E-state index contributed by atoms with van der Waals surface area (Å²) in [7, 11) is 0. The van der Waals surface area contributed by atoms with Crippen molar-refractivity contribution in [2.45, 2.75) is 44.1 Å². The summed E-state index contributed by atoms with van der Waals surface area (Å²) in [6, 6.07) is -0.910. The van der Waals surface area contributed by atoms with Gasteiger partial charge in [0.15, 0.2) is 0 Å². The Kier molecular flexibility index (Phi) is 5.45. The fourth-order valence-corrected chi connectivity index (χ4v) is 1.80. The number of aliphatic carboxylic acids is 1. The van der Waals surface area contributed by atoms with E-state index in [1.54, 1.807) is 0 Å². The molecule has 1 fully saturated rings. The maximum absolute atomic E-state index is 12.7. The van der Waals surface area contributed by atoms with Crippen molar-refractivity contribution in [1.82, 2.24) is 0 Å².